The van der Waals surface area contributed by atoms with Crippen molar-refractivity contribution in [3.05, 3.63) is 97.2 Å². The van der Waals surface area contributed by atoms with Gasteiger partial charge in [-0.3, -0.25) is 9.59 Å². The van der Waals surface area contributed by atoms with E-state index in [1.807, 2.05) is 6.08 Å². The van der Waals surface area contributed by atoms with Crippen molar-refractivity contribution in [3.63, 3.8) is 0 Å². The third-order valence-electron chi connectivity index (χ3n) is 13.0. The topological polar surface area (TPSA) is 175 Å². The SMILES string of the molecule is CC/C=C\C/C=C\C/C=C\C/C=C\C/C=C\C/C=C\CCCCCC(O)C(=O)NC(COC1OC(CO)C(O)C(O)C1OC(=O)CCCCCCC/C=C\CCCC)C(O)/C=C/CCCCCCCCCCC. The van der Waals surface area contributed by atoms with Crippen molar-refractivity contribution in [1.82, 2.24) is 5.32 Å². The molecular weight excluding hydrogens is 919 g/mol. The number of rotatable bonds is 47. The highest BCUT2D eigenvalue weighted by Crippen LogP contribution is 2.26. The lowest BCUT2D eigenvalue weighted by Crippen LogP contribution is -2.61. The van der Waals surface area contributed by atoms with E-state index in [1.54, 1.807) is 6.08 Å². The first-order valence-electron chi connectivity index (χ1n) is 29.0. The fraction of sp³-hybridized carbons (Fsp3) is 0.710. The number of nitrogens with one attached hydrogen (secondary N) is 1. The van der Waals surface area contributed by atoms with Gasteiger partial charge in [0.2, 0.25) is 5.91 Å². The van der Waals surface area contributed by atoms with Crippen LogP contribution in [0, 0.1) is 0 Å². The zero-order valence-corrected chi connectivity index (χ0v) is 46.0. The minimum absolute atomic E-state index is 0.105. The molecule has 8 atom stereocenters. The van der Waals surface area contributed by atoms with E-state index in [-0.39, 0.29) is 19.4 Å². The van der Waals surface area contributed by atoms with Gasteiger partial charge in [-0.2, -0.15) is 0 Å². The van der Waals surface area contributed by atoms with E-state index in [4.69, 9.17) is 14.2 Å². The Morgan fingerprint density at radius 1 is 0.548 bits per heavy atom. The molecule has 0 aromatic carbocycles. The summed E-state index contributed by atoms with van der Waals surface area (Å²) in [4.78, 5) is 26.4. The van der Waals surface area contributed by atoms with Gasteiger partial charge in [0.05, 0.1) is 25.4 Å². The number of carbonyl (C=O) groups is 2. The zero-order valence-electron chi connectivity index (χ0n) is 46.0. The molecule has 8 unspecified atom stereocenters. The molecule has 0 radical (unpaired) electrons. The van der Waals surface area contributed by atoms with Crippen molar-refractivity contribution in [1.29, 1.82) is 0 Å². The number of hydrogen-bond acceptors (Lipinski definition) is 10. The van der Waals surface area contributed by atoms with Gasteiger partial charge >= 0.3 is 5.97 Å². The van der Waals surface area contributed by atoms with Crippen molar-refractivity contribution in [2.45, 2.75) is 269 Å². The van der Waals surface area contributed by atoms with Crippen LogP contribution in [0.25, 0.3) is 0 Å². The van der Waals surface area contributed by atoms with Crippen molar-refractivity contribution < 1.29 is 49.3 Å². The molecule has 0 bridgehead atoms. The van der Waals surface area contributed by atoms with Crippen molar-refractivity contribution in [3.8, 4) is 0 Å². The predicted molar refractivity (Wildman–Crippen MR) is 301 cm³/mol. The van der Waals surface area contributed by atoms with Crippen molar-refractivity contribution in [2.75, 3.05) is 13.2 Å². The second-order valence-electron chi connectivity index (χ2n) is 19.6. The Labute approximate surface area is 444 Å². The molecule has 0 spiro atoms. The van der Waals surface area contributed by atoms with Crippen molar-refractivity contribution >= 4 is 11.9 Å². The summed E-state index contributed by atoms with van der Waals surface area (Å²) < 4.78 is 17.5. The van der Waals surface area contributed by atoms with Gasteiger partial charge in [0.25, 0.3) is 0 Å². The summed E-state index contributed by atoms with van der Waals surface area (Å²) in [6.45, 7) is 5.57. The number of aliphatic hydroxyl groups excluding tert-OH is 5. The zero-order chi connectivity index (χ0) is 53.3. The smallest absolute Gasteiger partial charge is 0.306 e. The van der Waals surface area contributed by atoms with Gasteiger partial charge in [0.15, 0.2) is 12.4 Å². The maximum atomic E-state index is 13.4. The molecule has 1 saturated heterocycles. The number of unbranched alkanes of at least 4 members (excludes halogenated alkanes) is 19. The Kier molecular flexibility index (Phi) is 45.8. The molecule has 1 fully saturated rings. The maximum absolute atomic E-state index is 13.4. The Bertz CT molecular complexity index is 1550. The molecule has 1 amide bonds. The van der Waals surface area contributed by atoms with Crippen LogP contribution < -0.4 is 5.32 Å². The quantitative estimate of drug-likeness (QED) is 0.0196. The lowest BCUT2D eigenvalue weighted by Gasteiger charge is -2.41. The van der Waals surface area contributed by atoms with E-state index in [0.29, 0.717) is 12.8 Å². The summed E-state index contributed by atoms with van der Waals surface area (Å²) in [6.07, 6.45) is 54.6. The van der Waals surface area contributed by atoms with Gasteiger partial charge in [-0.15, -0.1) is 0 Å². The molecule has 0 aliphatic carbocycles. The number of esters is 1. The van der Waals surface area contributed by atoms with Gasteiger partial charge in [-0.1, -0.05) is 214 Å². The molecule has 418 valence electrons. The number of amides is 1. The van der Waals surface area contributed by atoms with E-state index in [2.05, 4.69) is 111 Å². The number of carbonyl (C=O) groups excluding carboxylic acids is 2. The van der Waals surface area contributed by atoms with Crippen LogP contribution in [0.15, 0.2) is 97.2 Å². The summed E-state index contributed by atoms with van der Waals surface area (Å²) in [7, 11) is 0. The van der Waals surface area contributed by atoms with E-state index in [9.17, 15) is 35.1 Å². The van der Waals surface area contributed by atoms with Crippen LogP contribution in [0.2, 0.25) is 0 Å². The molecule has 11 nitrogen and oxygen atoms in total. The van der Waals surface area contributed by atoms with Crippen LogP contribution in [0.3, 0.4) is 0 Å². The van der Waals surface area contributed by atoms with E-state index >= 15 is 0 Å². The fourth-order valence-electron chi connectivity index (χ4n) is 8.34. The summed E-state index contributed by atoms with van der Waals surface area (Å²) >= 11 is 0. The molecular formula is C62H105NO10. The molecule has 1 heterocycles. The molecule has 0 saturated carbocycles. The first-order valence-corrected chi connectivity index (χ1v) is 29.0. The standard InChI is InChI=1S/C62H105NO10/c1-4-7-10-13-16-19-22-23-24-25-26-27-28-29-30-31-32-35-37-40-43-46-49-55(66)61(70)63-53(54(65)48-45-42-39-36-33-20-17-14-11-8-5-2)52-71-62-60(59(69)58(68)56(51-64)72-62)73-57(67)50-47-44-41-38-34-21-18-15-12-9-6-3/h7,10,15-16,18-19,23-24,26-27,29-30,32,35,45,48,53-56,58-60,62,64-66,68-69H,4-6,8-9,11-14,17,20-22,25,28,31,33-34,36-44,46-47,49-52H2,1-3H3,(H,63,70)/b10-7-,18-15-,19-16-,24-23-,27-26-,30-29-,35-32-,48-45+. The molecule has 0 aromatic rings. The molecule has 1 rings (SSSR count). The van der Waals surface area contributed by atoms with Crippen LogP contribution in [0.1, 0.15) is 220 Å². The van der Waals surface area contributed by atoms with Crippen molar-refractivity contribution in [2.24, 2.45) is 0 Å². The number of hydrogen-bond donors (Lipinski definition) is 6. The van der Waals surface area contributed by atoms with Crippen LogP contribution in [-0.4, -0.2) is 99.6 Å². The fourth-order valence-corrected chi connectivity index (χ4v) is 8.34. The lowest BCUT2D eigenvalue weighted by molar-refractivity contribution is -0.305. The predicted octanol–water partition coefficient (Wildman–Crippen LogP) is 13.2. The van der Waals surface area contributed by atoms with Gasteiger partial charge in [-0.25, -0.2) is 0 Å². The van der Waals surface area contributed by atoms with Crippen LogP contribution in [0.5, 0.6) is 0 Å². The summed E-state index contributed by atoms with van der Waals surface area (Å²) in [5, 5.41) is 56.7. The second-order valence-corrected chi connectivity index (χ2v) is 19.6. The Morgan fingerprint density at radius 2 is 1.00 bits per heavy atom. The molecule has 1 aliphatic heterocycles. The van der Waals surface area contributed by atoms with Gasteiger partial charge in [0, 0.05) is 6.42 Å². The van der Waals surface area contributed by atoms with Gasteiger partial charge in [-0.05, 0) is 96.3 Å². The monoisotopic (exact) mass is 1020 g/mol. The maximum Gasteiger partial charge on any atom is 0.306 e. The van der Waals surface area contributed by atoms with E-state index in [1.165, 1.54) is 51.4 Å². The van der Waals surface area contributed by atoms with Crippen LogP contribution >= 0.6 is 0 Å². The molecule has 0 aromatic heterocycles. The summed E-state index contributed by atoms with van der Waals surface area (Å²) in [6, 6.07) is -1.04. The van der Waals surface area contributed by atoms with E-state index in [0.717, 1.165) is 122 Å². The third kappa shape index (κ3) is 37.9. The summed E-state index contributed by atoms with van der Waals surface area (Å²) in [5.41, 5.74) is 0. The molecule has 6 N–H and O–H groups in total. The number of aliphatic hydroxyl groups is 5. The van der Waals surface area contributed by atoms with E-state index < -0.39 is 67.4 Å². The molecule has 11 heteroatoms. The molecule has 73 heavy (non-hydrogen) atoms. The average Bonchev–Trinajstić information content (AvgIpc) is 3.39. The summed E-state index contributed by atoms with van der Waals surface area (Å²) in [5.74, 6) is -1.24. The minimum atomic E-state index is -1.62. The highest BCUT2D eigenvalue weighted by Gasteiger charge is 2.47. The largest absolute Gasteiger partial charge is 0.454 e. The first-order chi connectivity index (χ1) is 35.7. The minimum Gasteiger partial charge on any atom is -0.454 e. The number of allylic oxidation sites excluding steroid dienone is 15. The average molecular weight is 1020 g/mol. The van der Waals surface area contributed by atoms with Crippen LogP contribution in [0.4, 0.5) is 0 Å². The van der Waals surface area contributed by atoms with Gasteiger partial charge < -0.3 is 45.1 Å². The first kappa shape index (κ1) is 67.6. The highest BCUT2D eigenvalue weighted by atomic mass is 16.7. The Morgan fingerprint density at radius 3 is 1.53 bits per heavy atom. The molecule has 1 aliphatic rings. The Hall–Kier alpha value is -3.42. The van der Waals surface area contributed by atoms with Crippen LogP contribution in [-0.2, 0) is 23.8 Å². The number of ether oxygens (including phenoxy) is 3. The Balaban J connectivity index is 2.71. The third-order valence-corrected chi connectivity index (χ3v) is 13.0. The highest BCUT2D eigenvalue weighted by molar-refractivity contribution is 5.80. The second kappa shape index (κ2) is 49.5. The lowest BCUT2D eigenvalue weighted by atomic mass is 9.99. The van der Waals surface area contributed by atoms with Gasteiger partial charge in [0.1, 0.15) is 24.4 Å². The normalized spacial score (nSPS) is 20.1.